The number of fused-ring (bicyclic) bond motifs is 1. The maximum absolute atomic E-state index is 12.0. The zero-order valence-corrected chi connectivity index (χ0v) is 21.3. The van der Waals surface area contributed by atoms with E-state index < -0.39 is 16.1 Å². The van der Waals surface area contributed by atoms with Crippen LogP contribution in [0.4, 0.5) is 0 Å². The maximum Gasteiger partial charge on any atom is 0.240 e. The first kappa shape index (κ1) is 25.5. The number of hydrogen-bond donors (Lipinski definition) is 4. The van der Waals surface area contributed by atoms with E-state index in [9.17, 15) is 13.5 Å². The third-order valence-corrected chi connectivity index (χ3v) is 7.11. The van der Waals surface area contributed by atoms with E-state index in [4.69, 9.17) is 0 Å². The summed E-state index contributed by atoms with van der Waals surface area (Å²) in [6, 6.07) is 16.7. The van der Waals surface area contributed by atoms with Crippen molar-refractivity contribution in [2.45, 2.75) is 24.5 Å². The second-order valence-corrected chi connectivity index (χ2v) is 9.64. The van der Waals surface area contributed by atoms with Crippen LogP contribution in [0.15, 0.2) is 64.5 Å². The Morgan fingerprint density at radius 1 is 1.13 bits per heavy atom. The molecule has 0 spiro atoms. The van der Waals surface area contributed by atoms with Crippen LogP contribution in [-0.4, -0.2) is 39.6 Å². The summed E-state index contributed by atoms with van der Waals surface area (Å²) >= 11 is 1.57. The normalized spacial score (nSPS) is 12.9. The van der Waals surface area contributed by atoms with Gasteiger partial charge < -0.3 is 15.7 Å². The Labute approximate surface area is 204 Å². The molecule has 4 N–H and O–H groups in total. The van der Waals surface area contributed by atoms with E-state index in [0.717, 1.165) is 20.5 Å². The lowest BCUT2D eigenvalue weighted by Gasteiger charge is -2.14. The number of halogens is 1. The number of rotatable bonds is 8. The van der Waals surface area contributed by atoms with Crippen molar-refractivity contribution in [1.29, 1.82) is 0 Å². The van der Waals surface area contributed by atoms with Crippen molar-refractivity contribution in [2.24, 2.45) is 4.99 Å². The molecule has 2 aromatic carbocycles. The van der Waals surface area contributed by atoms with E-state index in [2.05, 4.69) is 20.3 Å². The van der Waals surface area contributed by atoms with Gasteiger partial charge >= 0.3 is 0 Å². The van der Waals surface area contributed by atoms with Crippen molar-refractivity contribution in [3.63, 3.8) is 0 Å². The van der Waals surface area contributed by atoms with Gasteiger partial charge in [-0.25, -0.2) is 18.1 Å². The fraction of sp³-hybridized carbons (Fsp3) is 0.286. The summed E-state index contributed by atoms with van der Waals surface area (Å²) < 4.78 is 27.4. The molecule has 7 nitrogen and oxygen atoms in total. The Hall–Kier alpha value is -1.73. The number of nitrogens with one attached hydrogen (secondary N) is 3. The summed E-state index contributed by atoms with van der Waals surface area (Å²) in [5.74, 6) is 0.555. The Morgan fingerprint density at radius 3 is 2.61 bits per heavy atom. The first-order valence-electron chi connectivity index (χ1n) is 9.64. The molecule has 0 saturated carbocycles. The van der Waals surface area contributed by atoms with Crippen molar-refractivity contribution in [3.05, 3.63) is 65.0 Å². The molecule has 3 rings (SSSR count). The predicted molar refractivity (Wildman–Crippen MR) is 138 cm³/mol. The SMILES string of the molecule is CCNC(=NCc1cccc(S(=O)(=O)NC)c1)NCC(O)c1cc2ccccc2s1.I. The monoisotopic (exact) mass is 574 g/mol. The quantitative estimate of drug-likeness (QED) is 0.188. The molecule has 0 radical (unpaired) electrons. The Kier molecular flexibility index (Phi) is 9.69. The van der Waals surface area contributed by atoms with Gasteiger partial charge in [0.25, 0.3) is 0 Å². The second-order valence-electron chi connectivity index (χ2n) is 6.63. The summed E-state index contributed by atoms with van der Waals surface area (Å²) in [6.45, 7) is 3.24. The fourth-order valence-electron chi connectivity index (χ4n) is 2.90. The van der Waals surface area contributed by atoms with Crippen LogP contribution in [0.2, 0.25) is 0 Å². The van der Waals surface area contributed by atoms with Crippen LogP contribution in [-0.2, 0) is 16.6 Å². The Bertz CT molecular complexity index is 1100. The molecule has 1 unspecified atom stereocenters. The van der Waals surface area contributed by atoms with Gasteiger partial charge in [-0.3, -0.25) is 0 Å². The van der Waals surface area contributed by atoms with Gasteiger partial charge in [0.2, 0.25) is 10.0 Å². The molecule has 0 aliphatic rings. The molecule has 0 aliphatic heterocycles. The van der Waals surface area contributed by atoms with Gasteiger partial charge in [-0.2, -0.15) is 0 Å². The van der Waals surface area contributed by atoms with Crippen molar-refractivity contribution in [2.75, 3.05) is 20.1 Å². The van der Waals surface area contributed by atoms with Gasteiger partial charge in [0.1, 0.15) is 6.10 Å². The highest BCUT2D eigenvalue weighted by Crippen LogP contribution is 2.29. The lowest BCUT2D eigenvalue weighted by Crippen LogP contribution is -2.39. The minimum atomic E-state index is -3.49. The van der Waals surface area contributed by atoms with Crippen molar-refractivity contribution >= 4 is 61.4 Å². The number of guanidine groups is 1. The number of aliphatic imine (C=N–C) groups is 1. The highest BCUT2D eigenvalue weighted by atomic mass is 127. The smallest absolute Gasteiger partial charge is 0.240 e. The number of nitrogens with zero attached hydrogens (tertiary/aromatic N) is 1. The number of thiophene rings is 1. The fourth-order valence-corrected chi connectivity index (χ4v) is 4.75. The molecule has 0 bridgehead atoms. The van der Waals surface area contributed by atoms with Crippen molar-refractivity contribution < 1.29 is 13.5 Å². The molecule has 10 heteroatoms. The van der Waals surface area contributed by atoms with E-state index in [1.807, 2.05) is 43.3 Å². The Morgan fingerprint density at radius 2 is 1.90 bits per heavy atom. The van der Waals surface area contributed by atoms with Gasteiger partial charge in [0.05, 0.1) is 11.4 Å². The number of aliphatic hydroxyl groups excluding tert-OH is 1. The molecular formula is C21H27IN4O3S2. The summed E-state index contributed by atoms with van der Waals surface area (Å²) in [5, 5.41) is 18.0. The molecule has 168 valence electrons. The zero-order valence-electron chi connectivity index (χ0n) is 17.3. The predicted octanol–water partition coefficient (Wildman–Crippen LogP) is 3.22. The van der Waals surface area contributed by atoms with E-state index in [1.54, 1.807) is 29.5 Å². The van der Waals surface area contributed by atoms with E-state index >= 15 is 0 Å². The van der Waals surface area contributed by atoms with Crippen LogP contribution < -0.4 is 15.4 Å². The molecule has 31 heavy (non-hydrogen) atoms. The molecule has 0 aliphatic carbocycles. The van der Waals surface area contributed by atoms with E-state index in [0.29, 0.717) is 25.6 Å². The van der Waals surface area contributed by atoms with Crippen LogP contribution in [0.3, 0.4) is 0 Å². The zero-order chi connectivity index (χ0) is 21.6. The minimum absolute atomic E-state index is 0. The summed E-state index contributed by atoms with van der Waals surface area (Å²) in [4.78, 5) is 5.61. The van der Waals surface area contributed by atoms with Gasteiger partial charge in [-0.15, -0.1) is 35.3 Å². The van der Waals surface area contributed by atoms with Crippen molar-refractivity contribution in [3.8, 4) is 0 Å². The highest BCUT2D eigenvalue weighted by molar-refractivity contribution is 14.0. The highest BCUT2D eigenvalue weighted by Gasteiger charge is 2.13. The van der Waals surface area contributed by atoms with Crippen LogP contribution >= 0.6 is 35.3 Å². The molecule has 0 saturated heterocycles. The molecule has 1 aromatic heterocycles. The number of sulfonamides is 1. The maximum atomic E-state index is 12.0. The third-order valence-electron chi connectivity index (χ3n) is 4.48. The first-order chi connectivity index (χ1) is 14.4. The lowest BCUT2D eigenvalue weighted by atomic mass is 10.2. The van der Waals surface area contributed by atoms with Gasteiger partial charge in [0, 0.05) is 22.7 Å². The minimum Gasteiger partial charge on any atom is -0.386 e. The van der Waals surface area contributed by atoms with E-state index in [1.165, 1.54) is 7.05 Å². The molecular weight excluding hydrogens is 547 g/mol. The standard InChI is InChI=1S/C21H26N4O3S2.HI/c1-3-23-21(24-13-15-7-6-9-17(11-15)30(27,28)22-2)25-14-18(26)20-12-16-8-4-5-10-19(16)29-20;/h4-12,18,22,26H,3,13-14H2,1-2H3,(H2,23,24,25);1H. The van der Waals surface area contributed by atoms with Gasteiger partial charge in [0.15, 0.2) is 5.96 Å². The van der Waals surface area contributed by atoms with Gasteiger partial charge in [-0.1, -0.05) is 30.3 Å². The summed E-state index contributed by atoms with van der Waals surface area (Å²) in [7, 11) is -2.11. The molecule has 0 fully saturated rings. The summed E-state index contributed by atoms with van der Waals surface area (Å²) in [5.41, 5.74) is 0.772. The number of benzene rings is 2. The molecule has 3 aromatic rings. The van der Waals surface area contributed by atoms with Crippen LogP contribution in [0.1, 0.15) is 23.5 Å². The first-order valence-corrected chi connectivity index (χ1v) is 11.9. The third kappa shape index (κ3) is 6.88. The average molecular weight is 575 g/mol. The largest absolute Gasteiger partial charge is 0.386 e. The number of hydrogen-bond acceptors (Lipinski definition) is 5. The van der Waals surface area contributed by atoms with E-state index in [-0.39, 0.29) is 28.9 Å². The lowest BCUT2D eigenvalue weighted by molar-refractivity contribution is 0.184. The van der Waals surface area contributed by atoms with Crippen LogP contribution in [0.5, 0.6) is 0 Å². The molecule has 1 atom stereocenters. The Balaban J connectivity index is 0.00000341. The number of aliphatic hydroxyl groups is 1. The van der Waals surface area contributed by atoms with Crippen LogP contribution in [0, 0.1) is 0 Å². The van der Waals surface area contributed by atoms with Crippen molar-refractivity contribution in [1.82, 2.24) is 15.4 Å². The molecule has 0 amide bonds. The molecule has 1 heterocycles. The second kappa shape index (κ2) is 11.8. The summed E-state index contributed by atoms with van der Waals surface area (Å²) in [6.07, 6.45) is -0.657. The topological polar surface area (TPSA) is 103 Å². The average Bonchev–Trinajstić information content (AvgIpc) is 3.20. The van der Waals surface area contributed by atoms with Gasteiger partial charge in [-0.05, 0) is 49.2 Å². The van der Waals surface area contributed by atoms with Crippen LogP contribution in [0.25, 0.3) is 10.1 Å².